The predicted molar refractivity (Wildman–Crippen MR) is 100.0 cm³/mol. The lowest BCUT2D eigenvalue weighted by Crippen LogP contribution is -2.32. The third-order valence-electron chi connectivity index (χ3n) is 5.25. The molecule has 25 heavy (non-hydrogen) atoms. The van der Waals surface area contributed by atoms with Gasteiger partial charge in [-0.25, -0.2) is 0 Å². The Bertz CT molecular complexity index is 908. The normalized spacial score (nSPS) is 17.5. The molecule has 5 rings (SSSR count). The van der Waals surface area contributed by atoms with Gasteiger partial charge in [0.2, 0.25) is 0 Å². The molecule has 2 aliphatic rings. The van der Waals surface area contributed by atoms with Crippen LogP contribution in [-0.2, 0) is 11.2 Å². The Morgan fingerprint density at radius 1 is 0.840 bits per heavy atom. The molecule has 0 bridgehead atoms. The fourth-order valence-electron chi connectivity index (χ4n) is 3.76. The first-order valence-corrected chi connectivity index (χ1v) is 8.93. The molecular formula is C23H20O2. The lowest BCUT2D eigenvalue weighted by Gasteiger charge is -2.26. The van der Waals surface area contributed by atoms with E-state index in [9.17, 15) is 0 Å². The first-order valence-electron chi connectivity index (χ1n) is 8.93. The molecule has 0 N–H and O–H groups in total. The summed E-state index contributed by atoms with van der Waals surface area (Å²) in [6, 6.07) is 23.8. The summed E-state index contributed by atoms with van der Waals surface area (Å²) < 4.78 is 11.2. The van der Waals surface area contributed by atoms with Gasteiger partial charge in [-0.3, -0.25) is 0 Å². The zero-order chi connectivity index (χ0) is 16.6. The van der Waals surface area contributed by atoms with Crippen LogP contribution in [0.5, 0.6) is 5.75 Å². The first-order chi connectivity index (χ1) is 12.4. The van der Waals surface area contributed by atoms with E-state index >= 15 is 0 Å². The maximum Gasteiger partial charge on any atom is 0.119 e. The molecule has 1 aliphatic heterocycles. The van der Waals surface area contributed by atoms with Crippen LogP contribution in [0.25, 0.3) is 22.3 Å². The smallest absolute Gasteiger partial charge is 0.119 e. The van der Waals surface area contributed by atoms with Crippen molar-refractivity contribution in [3.05, 3.63) is 77.9 Å². The third kappa shape index (κ3) is 2.63. The maximum atomic E-state index is 5.82. The molecule has 0 radical (unpaired) electrons. The Morgan fingerprint density at radius 2 is 1.60 bits per heavy atom. The molecule has 1 unspecified atom stereocenters. The summed E-state index contributed by atoms with van der Waals surface area (Å²) in [5.41, 5.74) is 8.17. The molecule has 1 saturated heterocycles. The zero-order valence-electron chi connectivity index (χ0n) is 14.1. The second-order valence-electron chi connectivity index (χ2n) is 6.78. The Balaban J connectivity index is 1.42. The van der Waals surface area contributed by atoms with E-state index in [-0.39, 0.29) is 6.10 Å². The summed E-state index contributed by atoms with van der Waals surface area (Å²) in [6.45, 7) is 1.52. The van der Waals surface area contributed by atoms with Crippen LogP contribution in [0.2, 0.25) is 0 Å². The van der Waals surface area contributed by atoms with Crippen LogP contribution >= 0.6 is 0 Å². The fourth-order valence-corrected chi connectivity index (χ4v) is 3.76. The van der Waals surface area contributed by atoms with E-state index in [4.69, 9.17) is 9.47 Å². The minimum atomic E-state index is 0.274. The second kappa shape index (κ2) is 6.05. The molecule has 0 saturated carbocycles. The van der Waals surface area contributed by atoms with Crippen molar-refractivity contribution in [3.8, 4) is 28.0 Å². The van der Waals surface area contributed by atoms with Crippen LogP contribution < -0.4 is 4.74 Å². The Hall–Kier alpha value is -2.58. The highest BCUT2D eigenvalue weighted by atomic mass is 16.5. The van der Waals surface area contributed by atoms with Crippen LogP contribution in [0.3, 0.4) is 0 Å². The van der Waals surface area contributed by atoms with Crippen LogP contribution in [-0.4, -0.2) is 19.3 Å². The number of rotatable bonds is 4. The largest absolute Gasteiger partial charge is 0.491 e. The van der Waals surface area contributed by atoms with Gasteiger partial charge in [0, 0.05) is 13.0 Å². The first kappa shape index (κ1) is 14.7. The van der Waals surface area contributed by atoms with Gasteiger partial charge >= 0.3 is 0 Å². The number of fused-ring (bicyclic) bond motifs is 3. The van der Waals surface area contributed by atoms with E-state index in [0.717, 1.165) is 25.2 Å². The summed E-state index contributed by atoms with van der Waals surface area (Å²) in [5, 5.41) is 0. The van der Waals surface area contributed by atoms with Crippen molar-refractivity contribution < 1.29 is 9.47 Å². The molecule has 2 heteroatoms. The lowest BCUT2D eigenvalue weighted by atomic mass is 9.96. The van der Waals surface area contributed by atoms with Gasteiger partial charge in [-0.05, 0) is 51.9 Å². The Kier molecular flexibility index (Phi) is 3.57. The summed E-state index contributed by atoms with van der Waals surface area (Å²) in [6.07, 6.45) is 2.39. The zero-order valence-corrected chi connectivity index (χ0v) is 14.1. The van der Waals surface area contributed by atoms with Crippen molar-refractivity contribution in [3.63, 3.8) is 0 Å². The highest BCUT2D eigenvalue weighted by molar-refractivity contribution is 5.84. The van der Waals surface area contributed by atoms with E-state index in [1.54, 1.807) is 0 Å². The van der Waals surface area contributed by atoms with Crippen LogP contribution in [0.4, 0.5) is 0 Å². The van der Waals surface area contributed by atoms with Crippen molar-refractivity contribution in [2.24, 2.45) is 0 Å². The minimum absolute atomic E-state index is 0.274. The minimum Gasteiger partial charge on any atom is -0.491 e. The van der Waals surface area contributed by atoms with Crippen LogP contribution in [0.1, 0.15) is 17.5 Å². The van der Waals surface area contributed by atoms with E-state index < -0.39 is 0 Å². The monoisotopic (exact) mass is 328 g/mol. The van der Waals surface area contributed by atoms with Gasteiger partial charge in [-0.15, -0.1) is 0 Å². The molecule has 3 aromatic carbocycles. The summed E-state index contributed by atoms with van der Waals surface area (Å²) >= 11 is 0. The van der Waals surface area contributed by atoms with Crippen LogP contribution in [0.15, 0.2) is 66.7 Å². The van der Waals surface area contributed by atoms with Gasteiger partial charge in [0.15, 0.2) is 0 Å². The molecule has 0 spiro atoms. The van der Waals surface area contributed by atoms with E-state index in [0.29, 0.717) is 6.61 Å². The maximum absolute atomic E-state index is 5.82. The molecule has 0 aromatic heterocycles. The van der Waals surface area contributed by atoms with E-state index in [2.05, 4.69) is 66.7 Å². The van der Waals surface area contributed by atoms with Gasteiger partial charge < -0.3 is 9.47 Å². The molecule has 3 aromatic rings. The number of benzene rings is 3. The quantitative estimate of drug-likeness (QED) is 0.519. The van der Waals surface area contributed by atoms with Gasteiger partial charge in [-0.1, -0.05) is 54.6 Å². The SMILES string of the molecule is c1ccc2c(c1)Cc1c(-c3ccc(OCC4CCO4)cc3)cccc1-2. The molecule has 1 aliphatic carbocycles. The molecule has 0 amide bonds. The van der Waals surface area contributed by atoms with Crippen molar-refractivity contribution >= 4 is 0 Å². The highest BCUT2D eigenvalue weighted by Crippen LogP contribution is 2.41. The van der Waals surface area contributed by atoms with Gasteiger partial charge in [-0.2, -0.15) is 0 Å². The summed E-state index contributed by atoms with van der Waals surface area (Å²) in [7, 11) is 0. The topological polar surface area (TPSA) is 18.5 Å². The van der Waals surface area contributed by atoms with Gasteiger partial charge in [0.1, 0.15) is 12.4 Å². The number of hydrogen-bond acceptors (Lipinski definition) is 2. The lowest BCUT2D eigenvalue weighted by molar-refractivity contribution is -0.0720. The number of ether oxygens (including phenoxy) is 2. The number of hydrogen-bond donors (Lipinski definition) is 0. The predicted octanol–water partition coefficient (Wildman–Crippen LogP) is 5.09. The fraction of sp³-hybridized carbons (Fsp3) is 0.217. The Morgan fingerprint density at radius 3 is 2.40 bits per heavy atom. The average Bonchev–Trinajstić information content (AvgIpc) is 3.00. The second-order valence-corrected chi connectivity index (χ2v) is 6.78. The Labute approximate surface area is 148 Å². The van der Waals surface area contributed by atoms with Crippen molar-refractivity contribution in [1.29, 1.82) is 0 Å². The van der Waals surface area contributed by atoms with E-state index in [1.807, 2.05) is 0 Å². The summed E-state index contributed by atoms with van der Waals surface area (Å²) in [4.78, 5) is 0. The van der Waals surface area contributed by atoms with Crippen molar-refractivity contribution in [2.45, 2.75) is 18.9 Å². The molecule has 2 nitrogen and oxygen atoms in total. The molecular weight excluding hydrogens is 308 g/mol. The molecule has 1 atom stereocenters. The standard InChI is InChI=1S/C23H20O2/c1-2-5-21-17(4-1)14-23-20(6-3-7-22(21)23)16-8-10-18(11-9-16)25-15-19-12-13-24-19/h1-11,19H,12-15H2. The molecule has 1 heterocycles. The molecule has 1 fully saturated rings. The van der Waals surface area contributed by atoms with Gasteiger partial charge in [0.25, 0.3) is 0 Å². The highest BCUT2D eigenvalue weighted by Gasteiger charge is 2.21. The van der Waals surface area contributed by atoms with Crippen LogP contribution in [0, 0.1) is 0 Å². The van der Waals surface area contributed by atoms with Gasteiger partial charge in [0.05, 0.1) is 6.10 Å². The van der Waals surface area contributed by atoms with Crippen molar-refractivity contribution in [2.75, 3.05) is 13.2 Å². The molecule has 124 valence electrons. The van der Waals surface area contributed by atoms with Crippen molar-refractivity contribution in [1.82, 2.24) is 0 Å². The van der Waals surface area contributed by atoms with E-state index in [1.165, 1.54) is 33.4 Å². The average molecular weight is 328 g/mol. The third-order valence-corrected chi connectivity index (χ3v) is 5.25. The summed E-state index contributed by atoms with van der Waals surface area (Å²) in [5.74, 6) is 0.912.